The molecule has 0 saturated carbocycles. The fourth-order valence-corrected chi connectivity index (χ4v) is 2.66. The number of rotatable bonds is 4. The number of benzene rings is 1. The van der Waals surface area contributed by atoms with E-state index >= 15 is 0 Å². The summed E-state index contributed by atoms with van der Waals surface area (Å²) < 4.78 is 10.6. The van der Waals surface area contributed by atoms with Gasteiger partial charge in [0.05, 0.1) is 20.3 Å². The molecular formula is C15H22N2O3. The highest BCUT2D eigenvalue weighted by Gasteiger charge is 2.27. The SMILES string of the molecule is CNC(=O)C1CC(c2cc(OC)cc(OC)c2)CCN1. The Balaban J connectivity index is 2.19. The van der Waals surface area contributed by atoms with Crippen LogP contribution in [0.25, 0.3) is 0 Å². The molecule has 1 fully saturated rings. The number of carbonyl (C=O) groups is 1. The van der Waals surface area contributed by atoms with Crippen molar-refractivity contribution in [2.75, 3.05) is 27.8 Å². The Morgan fingerprint density at radius 1 is 1.25 bits per heavy atom. The topological polar surface area (TPSA) is 59.6 Å². The van der Waals surface area contributed by atoms with Crippen LogP contribution in [0.4, 0.5) is 0 Å². The van der Waals surface area contributed by atoms with Gasteiger partial charge in [-0.15, -0.1) is 0 Å². The van der Waals surface area contributed by atoms with Gasteiger partial charge in [-0.2, -0.15) is 0 Å². The van der Waals surface area contributed by atoms with Crippen molar-refractivity contribution in [2.45, 2.75) is 24.8 Å². The van der Waals surface area contributed by atoms with Crippen molar-refractivity contribution in [3.05, 3.63) is 23.8 Å². The van der Waals surface area contributed by atoms with E-state index < -0.39 is 0 Å². The van der Waals surface area contributed by atoms with Gasteiger partial charge in [0.25, 0.3) is 0 Å². The van der Waals surface area contributed by atoms with E-state index in [0.717, 1.165) is 36.4 Å². The maximum absolute atomic E-state index is 11.8. The average Bonchev–Trinajstić information content (AvgIpc) is 2.53. The normalized spacial score (nSPS) is 22.1. The molecule has 1 aromatic carbocycles. The van der Waals surface area contributed by atoms with Crippen LogP contribution in [0.5, 0.6) is 11.5 Å². The third-order valence-electron chi connectivity index (χ3n) is 3.81. The van der Waals surface area contributed by atoms with E-state index in [-0.39, 0.29) is 11.9 Å². The van der Waals surface area contributed by atoms with Gasteiger partial charge in [0, 0.05) is 13.1 Å². The second kappa shape index (κ2) is 6.61. The Morgan fingerprint density at radius 2 is 1.90 bits per heavy atom. The molecule has 0 radical (unpaired) electrons. The zero-order chi connectivity index (χ0) is 14.5. The molecule has 1 heterocycles. The van der Waals surface area contributed by atoms with Crippen LogP contribution in [0.15, 0.2) is 18.2 Å². The fourth-order valence-electron chi connectivity index (χ4n) is 2.66. The number of ether oxygens (including phenoxy) is 2. The van der Waals surface area contributed by atoms with E-state index in [2.05, 4.69) is 10.6 Å². The number of amides is 1. The first kappa shape index (κ1) is 14.7. The Morgan fingerprint density at radius 3 is 2.45 bits per heavy atom. The second-order valence-corrected chi connectivity index (χ2v) is 4.99. The van der Waals surface area contributed by atoms with Crippen molar-refractivity contribution in [3.63, 3.8) is 0 Å². The summed E-state index contributed by atoms with van der Waals surface area (Å²) >= 11 is 0. The van der Waals surface area contributed by atoms with Gasteiger partial charge in [-0.3, -0.25) is 4.79 Å². The highest BCUT2D eigenvalue weighted by Crippen LogP contribution is 2.33. The summed E-state index contributed by atoms with van der Waals surface area (Å²) in [5, 5.41) is 5.95. The summed E-state index contributed by atoms with van der Waals surface area (Å²) in [5.74, 6) is 1.95. The molecule has 0 spiro atoms. The van der Waals surface area contributed by atoms with E-state index in [0.29, 0.717) is 5.92 Å². The number of hydrogen-bond donors (Lipinski definition) is 2. The minimum Gasteiger partial charge on any atom is -0.497 e. The molecule has 20 heavy (non-hydrogen) atoms. The van der Waals surface area contributed by atoms with Gasteiger partial charge in [-0.25, -0.2) is 0 Å². The predicted octanol–water partition coefficient (Wildman–Crippen LogP) is 1.29. The first-order valence-corrected chi connectivity index (χ1v) is 6.86. The number of likely N-dealkylation sites (N-methyl/N-ethyl adjacent to an activating group) is 1. The zero-order valence-corrected chi connectivity index (χ0v) is 12.2. The smallest absolute Gasteiger partial charge is 0.236 e. The molecule has 2 N–H and O–H groups in total. The second-order valence-electron chi connectivity index (χ2n) is 4.99. The summed E-state index contributed by atoms with van der Waals surface area (Å²) in [4.78, 5) is 11.8. The molecule has 5 heteroatoms. The Kier molecular flexibility index (Phi) is 4.84. The summed E-state index contributed by atoms with van der Waals surface area (Å²) in [6.07, 6.45) is 1.79. The maximum atomic E-state index is 11.8. The highest BCUT2D eigenvalue weighted by molar-refractivity contribution is 5.81. The minimum absolute atomic E-state index is 0.0459. The number of nitrogens with one attached hydrogen (secondary N) is 2. The third-order valence-corrected chi connectivity index (χ3v) is 3.81. The molecular weight excluding hydrogens is 256 g/mol. The van der Waals surface area contributed by atoms with Crippen molar-refractivity contribution in [2.24, 2.45) is 0 Å². The van der Waals surface area contributed by atoms with Crippen LogP contribution in [-0.2, 0) is 4.79 Å². The van der Waals surface area contributed by atoms with Crippen LogP contribution in [0.3, 0.4) is 0 Å². The maximum Gasteiger partial charge on any atom is 0.236 e. The van der Waals surface area contributed by atoms with E-state index in [1.807, 2.05) is 18.2 Å². The molecule has 1 aliphatic rings. The van der Waals surface area contributed by atoms with Crippen molar-refractivity contribution >= 4 is 5.91 Å². The molecule has 0 bridgehead atoms. The predicted molar refractivity (Wildman–Crippen MR) is 77.4 cm³/mol. The minimum atomic E-state index is -0.129. The molecule has 1 aromatic rings. The van der Waals surface area contributed by atoms with Crippen LogP contribution in [0.2, 0.25) is 0 Å². The molecule has 0 aromatic heterocycles. The number of piperidine rings is 1. The van der Waals surface area contributed by atoms with Crippen LogP contribution in [-0.4, -0.2) is 39.8 Å². The molecule has 1 saturated heterocycles. The van der Waals surface area contributed by atoms with E-state index in [9.17, 15) is 4.79 Å². The molecule has 110 valence electrons. The van der Waals surface area contributed by atoms with Crippen molar-refractivity contribution in [1.29, 1.82) is 0 Å². The van der Waals surface area contributed by atoms with Crippen LogP contribution in [0.1, 0.15) is 24.3 Å². The molecule has 2 unspecified atom stereocenters. The molecule has 2 rings (SSSR count). The van der Waals surface area contributed by atoms with Crippen LogP contribution < -0.4 is 20.1 Å². The van der Waals surface area contributed by atoms with Gasteiger partial charge in [-0.05, 0) is 43.0 Å². The summed E-state index contributed by atoms with van der Waals surface area (Å²) in [7, 11) is 4.96. The Bertz CT molecular complexity index is 454. The number of methoxy groups -OCH3 is 2. The van der Waals surface area contributed by atoms with Crippen LogP contribution in [0, 0.1) is 0 Å². The van der Waals surface area contributed by atoms with Gasteiger partial charge in [0.2, 0.25) is 5.91 Å². The lowest BCUT2D eigenvalue weighted by molar-refractivity contribution is -0.123. The fraction of sp³-hybridized carbons (Fsp3) is 0.533. The van der Waals surface area contributed by atoms with E-state index in [1.54, 1.807) is 21.3 Å². The zero-order valence-electron chi connectivity index (χ0n) is 12.2. The molecule has 1 aliphatic heterocycles. The first-order chi connectivity index (χ1) is 9.67. The summed E-state index contributed by atoms with van der Waals surface area (Å²) in [6.45, 7) is 0.836. The lowest BCUT2D eigenvalue weighted by Crippen LogP contribution is -2.47. The first-order valence-electron chi connectivity index (χ1n) is 6.86. The van der Waals surface area contributed by atoms with Crippen molar-refractivity contribution < 1.29 is 14.3 Å². The number of carbonyl (C=O) groups excluding carboxylic acids is 1. The van der Waals surface area contributed by atoms with E-state index in [1.165, 1.54) is 0 Å². The van der Waals surface area contributed by atoms with Gasteiger partial charge >= 0.3 is 0 Å². The van der Waals surface area contributed by atoms with Crippen molar-refractivity contribution in [1.82, 2.24) is 10.6 Å². The highest BCUT2D eigenvalue weighted by atomic mass is 16.5. The molecule has 5 nitrogen and oxygen atoms in total. The lowest BCUT2D eigenvalue weighted by Gasteiger charge is -2.29. The Hall–Kier alpha value is -1.75. The lowest BCUT2D eigenvalue weighted by atomic mass is 9.86. The molecule has 2 atom stereocenters. The Labute approximate surface area is 119 Å². The largest absolute Gasteiger partial charge is 0.497 e. The molecule has 1 amide bonds. The monoisotopic (exact) mass is 278 g/mol. The average molecular weight is 278 g/mol. The van der Waals surface area contributed by atoms with Gasteiger partial charge in [-0.1, -0.05) is 0 Å². The van der Waals surface area contributed by atoms with Gasteiger partial charge in [0.15, 0.2) is 0 Å². The quantitative estimate of drug-likeness (QED) is 0.871. The van der Waals surface area contributed by atoms with Gasteiger partial charge < -0.3 is 20.1 Å². The van der Waals surface area contributed by atoms with Crippen molar-refractivity contribution in [3.8, 4) is 11.5 Å². The molecule has 0 aliphatic carbocycles. The summed E-state index contributed by atoms with van der Waals surface area (Å²) in [5.41, 5.74) is 1.16. The number of hydrogen-bond acceptors (Lipinski definition) is 4. The summed E-state index contributed by atoms with van der Waals surface area (Å²) in [6, 6.07) is 5.79. The standard InChI is InChI=1S/C15H22N2O3/c1-16-15(18)14-8-10(4-5-17-14)11-6-12(19-2)9-13(7-11)20-3/h6-7,9-10,14,17H,4-5,8H2,1-3H3,(H,16,18). The van der Waals surface area contributed by atoms with E-state index in [4.69, 9.17) is 9.47 Å². The van der Waals surface area contributed by atoms with Gasteiger partial charge in [0.1, 0.15) is 11.5 Å². The van der Waals surface area contributed by atoms with Crippen LogP contribution >= 0.6 is 0 Å². The third kappa shape index (κ3) is 3.22.